The summed E-state index contributed by atoms with van der Waals surface area (Å²) in [5, 5.41) is 0. The molecule has 144 valence electrons. The Morgan fingerprint density at radius 3 is 2.67 bits per heavy atom. The van der Waals surface area contributed by atoms with Crippen LogP contribution in [-0.4, -0.2) is 53.1 Å². The van der Waals surface area contributed by atoms with Gasteiger partial charge in [0.25, 0.3) is 0 Å². The van der Waals surface area contributed by atoms with Crippen molar-refractivity contribution in [2.75, 3.05) is 13.1 Å². The maximum absolute atomic E-state index is 13.2. The highest BCUT2D eigenvalue weighted by atomic mass is 19.3. The summed E-state index contributed by atoms with van der Waals surface area (Å²) in [5.74, 6) is -1.35. The van der Waals surface area contributed by atoms with E-state index in [4.69, 9.17) is 5.73 Å². The second-order valence-electron chi connectivity index (χ2n) is 6.83. The zero-order valence-corrected chi connectivity index (χ0v) is 14.2. The van der Waals surface area contributed by atoms with Crippen LogP contribution < -0.4 is 15.2 Å². The van der Waals surface area contributed by atoms with E-state index in [1.165, 1.54) is 17.0 Å². The number of ether oxygens (including phenoxy) is 2. The van der Waals surface area contributed by atoms with Crippen molar-refractivity contribution >= 4 is 17.8 Å². The topological polar surface area (TPSA) is 102 Å². The normalized spacial score (nSPS) is 25.9. The third kappa shape index (κ3) is 3.04. The lowest BCUT2D eigenvalue weighted by Gasteiger charge is -2.42. The minimum absolute atomic E-state index is 0.0389. The number of halogens is 2. The van der Waals surface area contributed by atoms with Gasteiger partial charge in [0, 0.05) is 19.0 Å². The smallest absolute Gasteiger partial charge is 0.395 e. The van der Waals surface area contributed by atoms with Crippen LogP contribution in [0.25, 0.3) is 0 Å². The van der Waals surface area contributed by atoms with Crippen molar-refractivity contribution in [3.8, 4) is 11.5 Å². The summed E-state index contributed by atoms with van der Waals surface area (Å²) in [6, 6.07) is 3.10. The monoisotopic (exact) mass is 381 g/mol. The van der Waals surface area contributed by atoms with Gasteiger partial charge in [0.15, 0.2) is 11.5 Å². The van der Waals surface area contributed by atoms with Gasteiger partial charge < -0.3 is 20.1 Å². The number of urea groups is 1. The predicted molar refractivity (Wildman–Crippen MR) is 86.0 cm³/mol. The molecule has 3 heterocycles. The lowest BCUT2D eigenvalue weighted by molar-refractivity contribution is -0.286. The van der Waals surface area contributed by atoms with Crippen molar-refractivity contribution in [1.29, 1.82) is 0 Å². The van der Waals surface area contributed by atoms with Crippen LogP contribution in [0.15, 0.2) is 18.2 Å². The molecule has 0 spiro atoms. The number of amides is 4. The fourth-order valence-corrected chi connectivity index (χ4v) is 3.68. The van der Waals surface area contributed by atoms with E-state index in [-0.39, 0.29) is 23.8 Å². The van der Waals surface area contributed by atoms with Crippen LogP contribution in [0.3, 0.4) is 0 Å². The number of imide groups is 1. The Balaban J connectivity index is 1.48. The van der Waals surface area contributed by atoms with E-state index in [0.717, 1.165) is 16.9 Å². The third-order valence-electron chi connectivity index (χ3n) is 5.07. The maximum atomic E-state index is 13.2. The van der Waals surface area contributed by atoms with E-state index in [2.05, 4.69) is 9.47 Å². The number of hydrogen-bond donors (Lipinski definition) is 1. The van der Waals surface area contributed by atoms with Gasteiger partial charge in [-0.1, -0.05) is 6.07 Å². The van der Waals surface area contributed by atoms with Crippen LogP contribution in [-0.2, 0) is 9.59 Å². The second-order valence-corrected chi connectivity index (χ2v) is 6.83. The molecular formula is C17H17F2N3O5. The second kappa shape index (κ2) is 6.07. The number of fused-ring (bicyclic) bond motifs is 1. The number of primary amides is 1. The number of piperidine rings is 1. The van der Waals surface area contributed by atoms with Crippen LogP contribution in [0.4, 0.5) is 13.6 Å². The van der Waals surface area contributed by atoms with Crippen LogP contribution in [0.5, 0.6) is 11.5 Å². The van der Waals surface area contributed by atoms with E-state index < -0.39 is 30.2 Å². The number of nitrogens with zero attached hydrogens (tertiary/aromatic N) is 2. The quantitative estimate of drug-likeness (QED) is 0.780. The molecule has 8 nitrogen and oxygen atoms in total. The molecule has 2 atom stereocenters. The molecule has 0 saturated carbocycles. The fourth-order valence-electron chi connectivity index (χ4n) is 3.68. The van der Waals surface area contributed by atoms with Crippen molar-refractivity contribution in [1.82, 2.24) is 9.80 Å². The molecule has 1 aromatic carbocycles. The average molecular weight is 381 g/mol. The number of benzene rings is 1. The summed E-state index contributed by atoms with van der Waals surface area (Å²) < 4.78 is 35.2. The lowest BCUT2D eigenvalue weighted by Crippen LogP contribution is -2.64. The van der Waals surface area contributed by atoms with E-state index in [1.807, 2.05) is 0 Å². The molecular weight excluding hydrogens is 364 g/mol. The molecule has 3 aliphatic rings. The molecule has 2 fully saturated rings. The molecule has 3 aliphatic heterocycles. The summed E-state index contributed by atoms with van der Waals surface area (Å²) in [6.07, 6.45) is -2.33. The van der Waals surface area contributed by atoms with Crippen molar-refractivity contribution in [2.45, 2.75) is 37.5 Å². The summed E-state index contributed by atoms with van der Waals surface area (Å²) in [4.78, 5) is 38.1. The van der Waals surface area contributed by atoms with E-state index in [9.17, 15) is 23.2 Å². The highest BCUT2D eigenvalue weighted by molar-refractivity contribution is 6.07. The van der Waals surface area contributed by atoms with Gasteiger partial charge in [-0.25, -0.2) is 4.79 Å². The van der Waals surface area contributed by atoms with Gasteiger partial charge in [-0.2, -0.15) is 0 Å². The Morgan fingerprint density at radius 1 is 1.22 bits per heavy atom. The lowest BCUT2D eigenvalue weighted by atomic mass is 9.90. The first-order valence-corrected chi connectivity index (χ1v) is 8.55. The van der Waals surface area contributed by atoms with Crippen molar-refractivity contribution < 1.29 is 32.6 Å². The first-order chi connectivity index (χ1) is 12.7. The van der Waals surface area contributed by atoms with E-state index in [1.54, 1.807) is 6.07 Å². The Kier molecular flexibility index (Phi) is 3.93. The molecule has 4 amide bonds. The average Bonchev–Trinajstić information content (AvgIpc) is 2.92. The van der Waals surface area contributed by atoms with Gasteiger partial charge in [-0.05, 0) is 30.5 Å². The molecule has 0 radical (unpaired) electrons. The van der Waals surface area contributed by atoms with Gasteiger partial charge in [0.2, 0.25) is 11.8 Å². The molecule has 0 aromatic heterocycles. The summed E-state index contributed by atoms with van der Waals surface area (Å²) in [5.41, 5.74) is 5.95. The molecule has 4 rings (SSSR count). The summed E-state index contributed by atoms with van der Waals surface area (Å²) in [6.45, 7) is 0.733. The van der Waals surface area contributed by atoms with Crippen LogP contribution in [0, 0.1) is 0 Å². The minimum Gasteiger partial charge on any atom is -0.395 e. The first-order valence-electron chi connectivity index (χ1n) is 8.55. The van der Waals surface area contributed by atoms with E-state index >= 15 is 0 Å². The molecule has 2 saturated heterocycles. The highest BCUT2D eigenvalue weighted by Crippen LogP contribution is 2.43. The predicted octanol–water partition coefficient (Wildman–Crippen LogP) is 1.39. The minimum atomic E-state index is -3.68. The number of carbonyl (C=O) groups is 3. The number of β-lactam (4-membered cyclic amide) rings is 1. The molecule has 2 unspecified atom stereocenters. The standard InChI is InChI=1S/C17H17F2N3O5/c18-17(19)26-12-4-3-9(6-13(12)27-17)10-2-1-5-21(8-10)16(25)22-11(15(20)24)7-14(22)23/h3-4,6,10-11H,1-2,5,7-8H2,(H2,20,24). The number of hydrogen-bond acceptors (Lipinski definition) is 5. The van der Waals surface area contributed by atoms with E-state index in [0.29, 0.717) is 19.5 Å². The van der Waals surface area contributed by atoms with Crippen molar-refractivity contribution in [3.05, 3.63) is 23.8 Å². The van der Waals surface area contributed by atoms with Crippen molar-refractivity contribution in [2.24, 2.45) is 5.73 Å². The Bertz CT molecular complexity index is 831. The van der Waals surface area contributed by atoms with Gasteiger partial charge in [0.1, 0.15) is 6.04 Å². The SMILES string of the molecule is NC(=O)C1CC(=O)N1C(=O)N1CCCC(c2ccc3c(c2)OC(F)(F)O3)C1. The maximum Gasteiger partial charge on any atom is 0.586 e. The number of carbonyl (C=O) groups excluding carboxylic acids is 3. The van der Waals surface area contributed by atoms with Gasteiger partial charge >= 0.3 is 12.3 Å². The number of nitrogens with two attached hydrogens (primary N) is 1. The zero-order chi connectivity index (χ0) is 19.3. The number of rotatable bonds is 2. The molecule has 0 bridgehead atoms. The van der Waals surface area contributed by atoms with Crippen LogP contribution >= 0.6 is 0 Å². The Hall–Kier alpha value is -2.91. The molecule has 27 heavy (non-hydrogen) atoms. The Labute approximate surface area is 152 Å². The molecule has 2 N–H and O–H groups in total. The number of alkyl halides is 2. The number of likely N-dealkylation sites (tertiary alicyclic amines) is 2. The van der Waals surface area contributed by atoms with Crippen LogP contribution in [0.2, 0.25) is 0 Å². The third-order valence-corrected chi connectivity index (χ3v) is 5.07. The van der Waals surface area contributed by atoms with Crippen molar-refractivity contribution in [3.63, 3.8) is 0 Å². The summed E-state index contributed by atoms with van der Waals surface area (Å²) >= 11 is 0. The molecule has 1 aromatic rings. The highest BCUT2D eigenvalue weighted by Gasteiger charge is 2.47. The Morgan fingerprint density at radius 2 is 1.96 bits per heavy atom. The first kappa shape index (κ1) is 17.5. The van der Waals surface area contributed by atoms with Gasteiger partial charge in [-0.3, -0.25) is 14.5 Å². The molecule has 10 heteroatoms. The van der Waals surface area contributed by atoms with Gasteiger partial charge in [-0.15, -0.1) is 8.78 Å². The zero-order valence-electron chi connectivity index (χ0n) is 14.2. The fraction of sp³-hybridized carbons (Fsp3) is 0.471. The van der Waals surface area contributed by atoms with Crippen LogP contribution in [0.1, 0.15) is 30.7 Å². The molecule has 0 aliphatic carbocycles. The largest absolute Gasteiger partial charge is 0.586 e. The van der Waals surface area contributed by atoms with Gasteiger partial charge in [0.05, 0.1) is 6.42 Å². The summed E-state index contributed by atoms with van der Waals surface area (Å²) in [7, 11) is 0.